The van der Waals surface area contributed by atoms with Gasteiger partial charge in [-0.25, -0.2) is 0 Å². The lowest BCUT2D eigenvalue weighted by Crippen LogP contribution is -2.40. The molecule has 2 rings (SSSR count). The van der Waals surface area contributed by atoms with Crippen LogP contribution in [-0.4, -0.2) is 21.7 Å². The third-order valence-electron chi connectivity index (χ3n) is 3.26. The summed E-state index contributed by atoms with van der Waals surface area (Å²) in [5.74, 6) is 1.63. The Balaban J connectivity index is 2.25. The fraction of sp³-hybridized carbons (Fsp3) is 0.900. The van der Waals surface area contributed by atoms with Gasteiger partial charge in [-0.15, -0.1) is 0 Å². The van der Waals surface area contributed by atoms with Crippen LogP contribution >= 0.6 is 0 Å². The van der Waals surface area contributed by atoms with Crippen LogP contribution in [0.5, 0.6) is 0 Å². The molecule has 1 saturated carbocycles. The van der Waals surface area contributed by atoms with E-state index in [1.54, 1.807) is 0 Å². The molecule has 2 heteroatoms. The van der Waals surface area contributed by atoms with Gasteiger partial charge in [0.15, 0.2) is 6.04 Å². The van der Waals surface area contributed by atoms with Gasteiger partial charge in [-0.3, -0.25) is 5.21 Å². The van der Waals surface area contributed by atoms with Crippen molar-refractivity contribution in [1.82, 2.24) is 0 Å². The minimum Gasteiger partial charge on any atom is -0.291 e. The Morgan fingerprint density at radius 3 is 2.75 bits per heavy atom. The van der Waals surface area contributed by atoms with Crippen molar-refractivity contribution >= 4 is 5.71 Å². The number of hydrogen-bond acceptors (Lipinski definition) is 1. The second-order valence-electron chi connectivity index (χ2n) is 4.61. The van der Waals surface area contributed by atoms with E-state index in [4.69, 9.17) is 0 Å². The van der Waals surface area contributed by atoms with Crippen LogP contribution in [0.4, 0.5) is 0 Å². The van der Waals surface area contributed by atoms with Crippen LogP contribution in [0.2, 0.25) is 0 Å². The summed E-state index contributed by atoms with van der Waals surface area (Å²) in [4.78, 5) is 0. The maximum absolute atomic E-state index is 9.70. The van der Waals surface area contributed by atoms with E-state index < -0.39 is 0 Å². The highest BCUT2D eigenvalue weighted by Gasteiger charge is 2.38. The molecule has 1 fully saturated rings. The van der Waals surface area contributed by atoms with Crippen LogP contribution in [0.15, 0.2) is 0 Å². The standard InChI is InChI=1S/C10H18NO/c1-7-3-9-5-8(2)11(12)10(4-7)6-9/h7-9,12H,3-6H2,1-2H3/q+1. The molecule has 0 amide bonds. The highest BCUT2D eigenvalue weighted by molar-refractivity contribution is 5.81. The zero-order chi connectivity index (χ0) is 8.72. The molecule has 1 aliphatic heterocycles. The van der Waals surface area contributed by atoms with E-state index in [0.29, 0.717) is 6.04 Å². The van der Waals surface area contributed by atoms with Crippen molar-refractivity contribution in [2.75, 3.05) is 0 Å². The molecule has 2 aliphatic rings. The number of nitrogens with zero attached hydrogens (tertiary/aromatic N) is 1. The van der Waals surface area contributed by atoms with Gasteiger partial charge in [0.2, 0.25) is 5.71 Å². The first kappa shape index (κ1) is 8.09. The molecule has 1 heterocycles. The SMILES string of the molecule is CC1CC2=[N+](O)C(C)CC(C2)C1. The van der Waals surface area contributed by atoms with Crippen molar-refractivity contribution in [2.45, 2.75) is 45.6 Å². The van der Waals surface area contributed by atoms with Gasteiger partial charge in [-0.05, 0) is 23.0 Å². The molecule has 0 saturated heterocycles. The Morgan fingerprint density at radius 1 is 1.25 bits per heavy atom. The Labute approximate surface area is 73.9 Å². The third kappa shape index (κ3) is 1.23. The molecule has 0 aromatic rings. The summed E-state index contributed by atoms with van der Waals surface area (Å²) in [6, 6.07) is 0.353. The average Bonchev–Trinajstić information content (AvgIpc) is 1.99. The van der Waals surface area contributed by atoms with Gasteiger partial charge < -0.3 is 0 Å². The molecule has 0 spiro atoms. The fourth-order valence-electron chi connectivity index (χ4n) is 2.82. The zero-order valence-electron chi connectivity index (χ0n) is 7.95. The Morgan fingerprint density at radius 2 is 2.00 bits per heavy atom. The largest absolute Gasteiger partial charge is 0.291 e. The van der Waals surface area contributed by atoms with Gasteiger partial charge in [-0.1, -0.05) is 6.92 Å². The first-order valence-electron chi connectivity index (χ1n) is 4.99. The lowest BCUT2D eigenvalue weighted by Gasteiger charge is -2.30. The molecular formula is C10H18NO+. The normalized spacial score (nSPS) is 41.7. The van der Waals surface area contributed by atoms with Crippen molar-refractivity contribution in [3.8, 4) is 0 Å². The van der Waals surface area contributed by atoms with Crippen molar-refractivity contribution < 1.29 is 9.95 Å². The predicted octanol–water partition coefficient (Wildman–Crippen LogP) is 2.06. The molecule has 0 aromatic carbocycles. The molecule has 0 aromatic heterocycles. The van der Waals surface area contributed by atoms with Crippen LogP contribution in [0.3, 0.4) is 0 Å². The third-order valence-corrected chi connectivity index (χ3v) is 3.26. The maximum Gasteiger partial charge on any atom is 0.205 e. The van der Waals surface area contributed by atoms with Crippen LogP contribution in [0, 0.1) is 11.8 Å². The average molecular weight is 168 g/mol. The minimum atomic E-state index is 0.353. The van der Waals surface area contributed by atoms with Crippen molar-refractivity contribution in [3.63, 3.8) is 0 Å². The molecule has 68 valence electrons. The van der Waals surface area contributed by atoms with Gasteiger partial charge in [0.05, 0.1) is 0 Å². The van der Waals surface area contributed by atoms with Crippen LogP contribution in [0.1, 0.15) is 39.5 Å². The molecule has 2 bridgehead atoms. The molecule has 1 aliphatic carbocycles. The van der Waals surface area contributed by atoms with E-state index >= 15 is 0 Å². The molecule has 0 radical (unpaired) electrons. The Hall–Kier alpha value is -0.530. The Kier molecular flexibility index (Phi) is 1.85. The summed E-state index contributed by atoms with van der Waals surface area (Å²) in [6.07, 6.45) is 4.79. The number of fused-ring (bicyclic) bond motifs is 2. The van der Waals surface area contributed by atoms with Gasteiger partial charge in [0.25, 0.3) is 0 Å². The second-order valence-corrected chi connectivity index (χ2v) is 4.61. The minimum absolute atomic E-state index is 0.353. The maximum atomic E-state index is 9.70. The van der Waals surface area contributed by atoms with Crippen molar-refractivity contribution in [2.24, 2.45) is 11.8 Å². The van der Waals surface area contributed by atoms with E-state index in [0.717, 1.165) is 24.7 Å². The zero-order valence-corrected chi connectivity index (χ0v) is 7.95. The summed E-state index contributed by atoms with van der Waals surface area (Å²) in [5, 5.41) is 9.70. The second kappa shape index (κ2) is 2.75. The summed E-state index contributed by atoms with van der Waals surface area (Å²) < 4.78 is 1.52. The van der Waals surface area contributed by atoms with Crippen LogP contribution in [0.25, 0.3) is 0 Å². The van der Waals surface area contributed by atoms with Gasteiger partial charge in [0, 0.05) is 26.2 Å². The highest BCUT2D eigenvalue weighted by atomic mass is 16.5. The van der Waals surface area contributed by atoms with Crippen LogP contribution < -0.4 is 0 Å². The predicted molar refractivity (Wildman–Crippen MR) is 47.6 cm³/mol. The first-order valence-corrected chi connectivity index (χ1v) is 4.99. The molecule has 3 atom stereocenters. The molecule has 2 nitrogen and oxygen atoms in total. The summed E-state index contributed by atoms with van der Waals surface area (Å²) >= 11 is 0. The summed E-state index contributed by atoms with van der Waals surface area (Å²) in [6.45, 7) is 4.40. The molecular weight excluding hydrogens is 150 g/mol. The summed E-state index contributed by atoms with van der Waals surface area (Å²) in [5.41, 5.74) is 1.28. The Bertz CT molecular complexity index is 222. The molecule has 3 unspecified atom stereocenters. The molecule has 1 N–H and O–H groups in total. The van der Waals surface area contributed by atoms with Crippen LogP contribution in [-0.2, 0) is 0 Å². The topological polar surface area (TPSA) is 23.2 Å². The van der Waals surface area contributed by atoms with E-state index in [2.05, 4.69) is 13.8 Å². The van der Waals surface area contributed by atoms with E-state index in [1.165, 1.54) is 23.3 Å². The summed E-state index contributed by atoms with van der Waals surface area (Å²) in [7, 11) is 0. The van der Waals surface area contributed by atoms with Gasteiger partial charge >= 0.3 is 0 Å². The molecule has 12 heavy (non-hydrogen) atoms. The smallest absolute Gasteiger partial charge is 0.205 e. The fourth-order valence-corrected chi connectivity index (χ4v) is 2.82. The van der Waals surface area contributed by atoms with E-state index in [1.807, 2.05) is 0 Å². The highest BCUT2D eigenvalue weighted by Crippen LogP contribution is 2.33. The van der Waals surface area contributed by atoms with Gasteiger partial charge in [-0.2, -0.15) is 0 Å². The van der Waals surface area contributed by atoms with Crippen molar-refractivity contribution in [1.29, 1.82) is 0 Å². The number of hydroxylamine groups is 1. The lowest BCUT2D eigenvalue weighted by atomic mass is 9.76. The number of rotatable bonds is 0. The quantitative estimate of drug-likeness (QED) is 0.434. The van der Waals surface area contributed by atoms with Crippen molar-refractivity contribution in [3.05, 3.63) is 0 Å². The monoisotopic (exact) mass is 168 g/mol. The first-order chi connectivity index (χ1) is 5.66. The number of hydrogen-bond donors (Lipinski definition) is 1. The van der Waals surface area contributed by atoms with E-state index in [9.17, 15) is 5.21 Å². The van der Waals surface area contributed by atoms with E-state index in [-0.39, 0.29) is 0 Å². The van der Waals surface area contributed by atoms with Gasteiger partial charge in [0.1, 0.15) is 0 Å². The lowest BCUT2D eigenvalue weighted by molar-refractivity contribution is -0.802.